The molecule has 3 aromatic heterocycles. The lowest BCUT2D eigenvalue weighted by molar-refractivity contribution is 0.0952. The highest BCUT2D eigenvalue weighted by Crippen LogP contribution is 2.18. The fourth-order valence-corrected chi connectivity index (χ4v) is 3.24. The second-order valence-electron chi connectivity index (χ2n) is 6.49. The molecule has 0 aliphatic carbocycles. The summed E-state index contributed by atoms with van der Waals surface area (Å²) < 4.78 is 16.7. The average Bonchev–Trinajstić information content (AvgIpc) is 3.23. The third-order valence-electron chi connectivity index (χ3n) is 4.61. The van der Waals surface area contributed by atoms with Gasteiger partial charge in [-0.15, -0.1) is 10.2 Å². The summed E-state index contributed by atoms with van der Waals surface area (Å²) in [5.74, 6) is 0.271. The Bertz CT molecular complexity index is 1150. The quantitative estimate of drug-likeness (QED) is 0.579. The Labute approximate surface area is 160 Å². The molecule has 4 rings (SSSR count). The molecule has 0 bridgehead atoms. The summed E-state index contributed by atoms with van der Waals surface area (Å²) >= 11 is 0. The van der Waals surface area contributed by atoms with Crippen LogP contribution in [-0.2, 0) is 6.42 Å². The number of rotatable bonds is 5. The number of amides is 1. The third-order valence-corrected chi connectivity index (χ3v) is 4.61. The van der Waals surface area contributed by atoms with Crippen LogP contribution in [0.1, 0.15) is 27.6 Å². The zero-order valence-corrected chi connectivity index (χ0v) is 15.6. The lowest BCUT2D eigenvalue weighted by Crippen LogP contribution is -2.27. The van der Waals surface area contributed by atoms with Gasteiger partial charge in [-0.25, -0.2) is 9.07 Å². The van der Waals surface area contributed by atoms with Crippen LogP contribution >= 0.6 is 0 Å². The molecule has 4 aromatic rings. The lowest BCUT2D eigenvalue weighted by Gasteiger charge is -2.07. The molecule has 142 valence electrons. The normalized spacial score (nSPS) is 11.1. The number of hydrogen-bond acceptors (Lipinski definition) is 4. The van der Waals surface area contributed by atoms with Gasteiger partial charge >= 0.3 is 0 Å². The van der Waals surface area contributed by atoms with E-state index >= 15 is 0 Å². The minimum Gasteiger partial charge on any atom is -0.351 e. The van der Waals surface area contributed by atoms with E-state index in [1.54, 1.807) is 23.7 Å². The molecule has 0 fully saturated rings. The molecule has 0 saturated heterocycles. The van der Waals surface area contributed by atoms with Gasteiger partial charge in [-0.2, -0.15) is 5.10 Å². The molecule has 0 atom stereocenters. The number of aryl methyl sites for hydroxylation is 1. The maximum Gasteiger partial charge on any atom is 0.255 e. The van der Waals surface area contributed by atoms with Crippen molar-refractivity contribution >= 4 is 11.6 Å². The maximum absolute atomic E-state index is 13.2. The smallest absolute Gasteiger partial charge is 0.255 e. The summed E-state index contributed by atoms with van der Waals surface area (Å²) in [6.45, 7) is 4.04. The van der Waals surface area contributed by atoms with Crippen LogP contribution in [0.2, 0.25) is 0 Å². The van der Waals surface area contributed by atoms with Gasteiger partial charge < -0.3 is 5.32 Å². The second kappa shape index (κ2) is 7.22. The van der Waals surface area contributed by atoms with Crippen molar-refractivity contribution in [3.8, 4) is 5.69 Å². The van der Waals surface area contributed by atoms with Gasteiger partial charge in [-0.05, 0) is 50.2 Å². The minimum atomic E-state index is -0.316. The van der Waals surface area contributed by atoms with E-state index in [1.807, 2.05) is 35.7 Å². The fraction of sp³-hybridized carbons (Fsp3) is 0.200. The first-order chi connectivity index (χ1) is 13.5. The van der Waals surface area contributed by atoms with Crippen molar-refractivity contribution in [2.24, 2.45) is 0 Å². The van der Waals surface area contributed by atoms with Gasteiger partial charge in [-0.1, -0.05) is 6.07 Å². The highest BCUT2D eigenvalue weighted by molar-refractivity contribution is 5.96. The van der Waals surface area contributed by atoms with E-state index in [9.17, 15) is 9.18 Å². The van der Waals surface area contributed by atoms with E-state index in [-0.39, 0.29) is 11.7 Å². The standard InChI is InChI=1S/C20H19FN6O/c1-13-19(14(2)27(25-13)16-8-6-15(21)7-9-16)20(28)22-11-10-18-24-23-17-5-3-4-12-26(17)18/h3-9,12H,10-11H2,1-2H3,(H,22,28). The topological polar surface area (TPSA) is 77.1 Å². The van der Waals surface area contributed by atoms with Crippen molar-refractivity contribution in [1.29, 1.82) is 0 Å². The first-order valence-corrected chi connectivity index (χ1v) is 8.93. The molecule has 0 aliphatic rings. The monoisotopic (exact) mass is 378 g/mol. The summed E-state index contributed by atoms with van der Waals surface area (Å²) in [7, 11) is 0. The maximum atomic E-state index is 13.2. The molecule has 28 heavy (non-hydrogen) atoms. The average molecular weight is 378 g/mol. The minimum absolute atomic E-state index is 0.197. The summed E-state index contributed by atoms with van der Waals surface area (Å²) in [6.07, 6.45) is 2.45. The molecule has 0 radical (unpaired) electrons. The lowest BCUT2D eigenvalue weighted by atomic mass is 10.2. The molecule has 0 aliphatic heterocycles. The second-order valence-corrected chi connectivity index (χ2v) is 6.49. The number of aromatic nitrogens is 5. The van der Waals surface area contributed by atoms with E-state index in [2.05, 4.69) is 20.6 Å². The number of fused-ring (bicyclic) bond motifs is 1. The molecule has 0 unspecified atom stereocenters. The Hall–Kier alpha value is -3.55. The number of hydrogen-bond donors (Lipinski definition) is 1. The van der Waals surface area contributed by atoms with Crippen molar-refractivity contribution < 1.29 is 9.18 Å². The Morgan fingerprint density at radius 2 is 1.89 bits per heavy atom. The number of nitrogens with one attached hydrogen (secondary N) is 1. The summed E-state index contributed by atoms with van der Waals surface area (Å²) in [5.41, 5.74) is 3.32. The number of benzene rings is 1. The molecule has 1 amide bonds. The highest BCUT2D eigenvalue weighted by Gasteiger charge is 2.19. The zero-order chi connectivity index (χ0) is 19.7. The molecule has 7 nitrogen and oxygen atoms in total. The van der Waals surface area contributed by atoms with E-state index in [1.165, 1.54) is 12.1 Å². The van der Waals surface area contributed by atoms with Gasteiger partial charge in [0.1, 0.15) is 11.6 Å². The van der Waals surface area contributed by atoms with Gasteiger partial charge in [0.15, 0.2) is 5.65 Å². The molecule has 8 heteroatoms. The summed E-state index contributed by atoms with van der Waals surface area (Å²) in [4.78, 5) is 12.7. The van der Waals surface area contributed by atoms with Gasteiger partial charge in [0.05, 0.1) is 22.6 Å². The zero-order valence-electron chi connectivity index (χ0n) is 15.6. The number of nitrogens with zero attached hydrogens (tertiary/aromatic N) is 5. The largest absolute Gasteiger partial charge is 0.351 e. The molecule has 0 saturated carbocycles. The van der Waals surface area contributed by atoms with Crippen LogP contribution < -0.4 is 5.32 Å². The molecule has 0 spiro atoms. The van der Waals surface area contributed by atoms with Crippen molar-refractivity contribution in [2.75, 3.05) is 6.54 Å². The number of halogens is 1. The van der Waals surface area contributed by atoms with Crippen molar-refractivity contribution in [2.45, 2.75) is 20.3 Å². The predicted molar refractivity (Wildman–Crippen MR) is 102 cm³/mol. The first kappa shape index (κ1) is 17.8. The van der Waals surface area contributed by atoms with Crippen LogP contribution in [0.3, 0.4) is 0 Å². The molecule has 3 heterocycles. The molecular weight excluding hydrogens is 359 g/mol. The molecule has 1 N–H and O–H groups in total. The number of carbonyl (C=O) groups is 1. The SMILES string of the molecule is Cc1nn(-c2ccc(F)cc2)c(C)c1C(=O)NCCc1nnc2ccccn12. The number of carbonyl (C=O) groups excluding carboxylic acids is 1. The van der Waals surface area contributed by atoms with E-state index in [4.69, 9.17) is 0 Å². The van der Waals surface area contributed by atoms with E-state index in [0.29, 0.717) is 35.6 Å². The van der Waals surface area contributed by atoms with Crippen LogP contribution in [-0.4, -0.2) is 36.8 Å². The van der Waals surface area contributed by atoms with Crippen LogP contribution in [0.15, 0.2) is 48.7 Å². The fourth-order valence-electron chi connectivity index (χ4n) is 3.24. The Balaban J connectivity index is 1.48. The van der Waals surface area contributed by atoms with E-state index < -0.39 is 0 Å². The number of pyridine rings is 1. The van der Waals surface area contributed by atoms with Gasteiger partial charge in [0.25, 0.3) is 5.91 Å². The third kappa shape index (κ3) is 3.24. The summed E-state index contributed by atoms with van der Waals surface area (Å²) in [5, 5.41) is 15.6. The Kier molecular flexibility index (Phi) is 4.60. The van der Waals surface area contributed by atoms with Crippen molar-refractivity contribution in [3.05, 3.63) is 77.3 Å². The highest BCUT2D eigenvalue weighted by atomic mass is 19.1. The predicted octanol–water partition coefficient (Wildman–Crippen LogP) is 2.64. The summed E-state index contributed by atoms with van der Waals surface area (Å²) in [6, 6.07) is 11.7. The Morgan fingerprint density at radius 1 is 1.11 bits per heavy atom. The van der Waals surface area contributed by atoms with E-state index in [0.717, 1.165) is 11.5 Å². The molecule has 1 aromatic carbocycles. The van der Waals surface area contributed by atoms with Gasteiger partial charge in [0.2, 0.25) is 0 Å². The van der Waals surface area contributed by atoms with Crippen LogP contribution in [0.4, 0.5) is 4.39 Å². The van der Waals surface area contributed by atoms with Crippen LogP contribution in [0, 0.1) is 19.7 Å². The first-order valence-electron chi connectivity index (χ1n) is 8.93. The van der Waals surface area contributed by atoms with Gasteiger partial charge in [0, 0.05) is 19.2 Å². The van der Waals surface area contributed by atoms with Crippen molar-refractivity contribution in [1.82, 2.24) is 29.7 Å². The Morgan fingerprint density at radius 3 is 2.68 bits per heavy atom. The van der Waals surface area contributed by atoms with Crippen LogP contribution in [0.25, 0.3) is 11.3 Å². The van der Waals surface area contributed by atoms with Crippen molar-refractivity contribution in [3.63, 3.8) is 0 Å². The van der Waals surface area contributed by atoms with Crippen LogP contribution in [0.5, 0.6) is 0 Å². The van der Waals surface area contributed by atoms with Gasteiger partial charge in [-0.3, -0.25) is 9.20 Å². The molecular formula is C20H19FN6O.